The predicted molar refractivity (Wildman–Crippen MR) is 57.3 cm³/mol. The summed E-state index contributed by atoms with van der Waals surface area (Å²) < 4.78 is 0. The molecule has 0 heterocycles. The van der Waals surface area contributed by atoms with E-state index in [4.69, 9.17) is 0 Å². The average molecular weight is 194 g/mol. The summed E-state index contributed by atoms with van der Waals surface area (Å²) in [4.78, 5) is 12.0. The molecular formula is C11H14OS. The van der Waals surface area contributed by atoms with Crippen LogP contribution in [0.5, 0.6) is 0 Å². The molecule has 13 heavy (non-hydrogen) atoms. The first-order valence-electron chi connectivity index (χ1n) is 4.21. The number of benzene rings is 1. The number of aldehydes is 1. The van der Waals surface area contributed by atoms with E-state index >= 15 is 0 Å². The minimum Gasteiger partial charge on any atom is -0.302 e. The zero-order valence-corrected chi connectivity index (χ0v) is 9.02. The number of carbonyl (C=O) groups is 1. The maximum atomic E-state index is 10.8. The monoisotopic (exact) mass is 194 g/mol. The van der Waals surface area contributed by atoms with Gasteiger partial charge in [-0.25, -0.2) is 0 Å². The van der Waals surface area contributed by atoms with Gasteiger partial charge in [-0.3, -0.25) is 0 Å². The number of thioether (sulfide) groups is 1. The van der Waals surface area contributed by atoms with Crippen LogP contribution in [0.3, 0.4) is 0 Å². The van der Waals surface area contributed by atoms with Gasteiger partial charge in [0.1, 0.15) is 6.29 Å². The van der Waals surface area contributed by atoms with Gasteiger partial charge < -0.3 is 4.79 Å². The molecule has 0 aliphatic heterocycles. The topological polar surface area (TPSA) is 17.1 Å². The van der Waals surface area contributed by atoms with E-state index in [-0.39, 0.29) is 5.41 Å². The summed E-state index contributed by atoms with van der Waals surface area (Å²) in [6.07, 6.45) is 3.03. The molecule has 0 atom stereocenters. The highest BCUT2D eigenvalue weighted by Crippen LogP contribution is 2.23. The lowest BCUT2D eigenvalue weighted by Crippen LogP contribution is -2.18. The van der Waals surface area contributed by atoms with E-state index in [1.54, 1.807) is 11.8 Å². The molecule has 1 rings (SSSR count). The second kappa shape index (κ2) is 3.97. The smallest absolute Gasteiger partial charge is 0.129 e. The van der Waals surface area contributed by atoms with Crippen molar-refractivity contribution in [3.8, 4) is 0 Å². The SMILES string of the molecule is CSc1ccc(C(C)(C)C=O)cc1. The van der Waals surface area contributed by atoms with Crippen LogP contribution in [0.2, 0.25) is 0 Å². The maximum Gasteiger partial charge on any atom is 0.129 e. The van der Waals surface area contributed by atoms with E-state index in [1.807, 2.05) is 44.4 Å². The largest absolute Gasteiger partial charge is 0.302 e. The Balaban J connectivity index is 2.98. The van der Waals surface area contributed by atoms with Crippen molar-refractivity contribution in [3.05, 3.63) is 29.8 Å². The Kier molecular flexibility index (Phi) is 3.15. The molecule has 1 nitrogen and oxygen atoms in total. The third kappa shape index (κ3) is 2.34. The normalized spacial score (nSPS) is 11.3. The molecule has 70 valence electrons. The number of rotatable bonds is 3. The third-order valence-electron chi connectivity index (χ3n) is 2.13. The van der Waals surface area contributed by atoms with E-state index in [1.165, 1.54) is 4.90 Å². The fourth-order valence-electron chi connectivity index (χ4n) is 1.09. The zero-order valence-electron chi connectivity index (χ0n) is 8.20. The second-order valence-corrected chi connectivity index (χ2v) is 4.45. The van der Waals surface area contributed by atoms with Crippen molar-refractivity contribution in [2.75, 3.05) is 6.26 Å². The average Bonchev–Trinajstić information content (AvgIpc) is 2.18. The Labute approximate surface area is 83.5 Å². The first-order valence-corrected chi connectivity index (χ1v) is 5.43. The summed E-state index contributed by atoms with van der Waals surface area (Å²) in [5, 5.41) is 0. The van der Waals surface area contributed by atoms with Gasteiger partial charge >= 0.3 is 0 Å². The Morgan fingerprint density at radius 1 is 1.23 bits per heavy atom. The van der Waals surface area contributed by atoms with Gasteiger partial charge in [-0.1, -0.05) is 12.1 Å². The summed E-state index contributed by atoms with van der Waals surface area (Å²) in [7, 11) is 0. The maximum absolute atomic E-state index is 10.8. The van der Waals surface area contributed by atoms with Gasteiger partial charge in [0.2, 0.25) is 0 Å². The van der Waals surface area contributed by atoms with Gasteiger partial charge in [0, 0.05) is 10.3 Å². The van der Waals surface area contributed by atoms with Crippen molar-refractivity contribution >= 4 is 18.0 Å². The predicted octanol–water partition coefficient (Wildman–Crippen LogP) is 2.89. The van der Waals surface area contributed by atoms with Gasteiger partial charge in [-0.2, -0.15) is 0 Å². The van der Waals surface area contributed by atoms with E-state index < -0.39 is 0 Å². The van der Waals surface area contributed by atoms with Gasteiger partial charge in [-0.15, -0.1) is 11.8 Å². The second-order valence-electron chi connectivity index (χ2n) is 3.57. The van der Waals surface area contributed by atoms with E-state index in [2.05, 4.69) is 0 Å². The van der Waals surface area contributed by atoms with Crippen molar-refractivity contribution < 1.29 is 4.79 Å². The summed E-state index contributed by atoms with van der Waals surface area (Å²) in [6, 6.07) is 8.12. The molecule has 0 unspecified atom stereocenters. The fourth-order valence-corrected chi connectivity index (χ4v) is 1.50. The standard InChI is InChI=1S/C11H14OS/c1-11(2,8-12)9-4-6-10(13-3)7-5-9/h4-8H,1-3H3. The molecule has 0 fully saturated rings. The molecule has 0 radical (unpaired) electrons. The highest BCUT2D eigenvalue weighted by molar-refractivity contribution is 7.98. The molecule has 0 saturated carbocycles. The van der Waals surface area contributed by atoms with Crippen LogP contribution in [-0.4, -0.2) is 12.5 Å². The van der Waals surface area contributed by atoms with Gasteiger partial charge in [0.15, 0.2) is 0 Å². The molecule has 1 aromatic rings. The van der Waals surface area contributed by atoms with Crippen LogP contribution in [0.1, 0.15) is 19.4 Å². The fraction of sp³-hybridized carbons (Fsp3) is 0.364. The summed E-state index contributed by atoms with van der Waals surface area (Å²) in [5.41, 5.74) is 0.706. The van der Waals surface area contributed by atoms with Crippen LogP contribution in [0.15, 0.2) is 29.2 Å². The van der Waals surface area contributed by atoms with E-state index in [0.29, 0.717) is 0 Å². The molecule has 1 aromatic carbocycles. The highest BCUT2D eigenvalue weighted by atomic mass is 32.2. The molecule has 0 aliphatic rings. The van der Waals surface area contributed by atoms with Crippen LogP contribution < -0.4 is 0 Å². The number of hydrogen-bond donors (Lipinski definition) is 0. The molecule has 0 amide bonds. The van der Waals surface area contributed by atoms with Crippen LogP contribution in [0, 0.1) is 0 Å². The molecule has 2 heteroatoms. The molecular weight excluding hydrogens is 180 g/mol. The van der Waals surface area contributed by atoms with Crippen molar-refractivity contribution in [3.63, 3.8) is 0 Å². The van der Waals surface area contributed by atoms with Crippen LogP contribution in [0.4, 0.5) is 0 Å². The quantitative estimate of drug-likeness (QED) is 0.543. The van der Waals surface area contributed by atoms with Crippen molar-refractivity contribution in [1.82, 2.24) is 0 Å². The van der Waals surface area contributed by atoms with Crippen LogP contribution in [-0.2, 0) is 10.2 Å². The van der Waals surface area contributed by atoms with Crippen molar-refractivity contribution in [2.45, 2.75) is 24.2 Å². The molecule has 0 saturated heterocycles. The lowest BCUT2D eigenvalue weighted by molar-refractivity contribution is -0.111. The first-order chi connectivity index (χ1) is 6.10. The van der Waals surface area contributed by atoms with Crippen LogP contribution in [0.25, 0.3) is 0 Å². The highest BCUT2D eigenvalue weighted by Gasteiger charge is 2.18. The van der Waals surface area contributed by atoms with E-state index in [9.17, 15) is 4.79 Å². The number of carbonyl (C=O) groups excluding carboxylic acids is 1. The summed E-state index contributed by atoms with van der Waals surface area (Å²) >= 11 is 1.71. The molecule has 0 aliphatic carbocycles. The Bertz CT molecular complexity index is 287. The Morgan fingerprint density at radius 3 is 2.15 bits per heavy atom. The Hall–Kier alpha value is -0.760. The third-order valence-corrected chi connectivity index (χ3v) is 2.87. The minimum absolute atomic E-state index is 0.364. The zero-order chi connectivity index (χ0) is 9.90. The van der Waals surface area contributed by atoms with Crippen LogP contribution >= 0.6 is 11.8 Å². The minimum atomic E-state index is -0.364. The lowest BCUT2D eigenvalue weighted by atomic mass is 9.87. The van der Waals surface area contributed by atoms with Gasteiger partial charge in [0.05, 0.1) is 0 Å². The van der Waals surface area contributed by atoms with E-state index in [0.717, 1.165) is 11.8 Å². The lowest BCUT2D eigenvalue weighted by Gasteiger charge is -2.17. The summed E-state index contributed by atoms with van der Waals surface area (Å²) in [5.74, 6) is 0. The molecule has 0 bridgehead atoms. The van der Waals surface area contributed by atoms with Gasteiger partial charge in [0.25, 0.3) is 0 Å². The molecule has 0 N–H and O–H groups in total. The molecule has 0 aromatic heterocycles. The number of hydrogen-bond acceptors (Lipinski definition) is 2. The summed E-state index contributed by atoms with van der Waals surface area (Å²) in [6.45, 7) is 3.85. The first kappa shape index (κ1) is 10.3. The Morgan fingerprint density at radius 2 is 1.77 bits per heavy atom. The van der Waals surface area contributed by atoms with Gasteiger partial charge in [-0.05, 0) is 37.8 Å². The molecule has 0 spiro atoms. The van der Waals surface area contributed by atoms with Crippen molar-refractivity contribution in [2.24, 2.45) is 0 Å². The van der Waals surface area contributed by atoms with Crippen molar-refractivity contribution in [1.29, 1.82) is 0 Å².